The maximum Gasteiger partial charge on any atom is 0.186 e. The molecule has 7 heteroatoms. The molecular formula is C19H16N6S. The van der Waals surface area contributed by atoms with Gasteiger partial charge in [-0.05, 0) is 41.6 Å². The maximum absolute atomic E-state index is 4.65. The minimum Gasteiger partial charge on any atom is -0.368 e. The van der Waals surface area contributed by atoms with Gasteiger partial charge in [-0.3, -0.25) is 0 Å². The zero-order valence-electron chi connectivity index (χ0n) is 13.9. The Morgan fingerprint density at radius 3 is 2.96 bits per heavy atom. The van der Waals surface area contributed by atoms with Crippen molar-refractivity contribution >= 4 is 33.7 Å². The molecule has 5 rings (SSSR count). The van der Waals surface area contributed by atoms with Crippen LogP contribution in [-0.4, -0.2) is 31.3 Å². The van der Waals surface area contributed by atoms with E-state index in [9.17, 15) is 0 Å². The van der Waals surface area contributed by atoms with Gasteiger partial charge in [-0.15, -0.1) is 15.3 Å². The van der Waals surface area contributed by atoms with Crippen molar-refractivity contribution in [1.29, 1.82) is 0 Å². The number of H-pyrrole nitrogens is 1. The first-order chi connectivity index (χ1) is 12.9. The van der Waals surface area contributed by atoms with Gasteiger partial charge < -0.3 is 10.3 Å². The first-order valence-corrected chi connectivity index (χ1v) is 9.37. The lowest BCUT2D eigenvalue weighted by atomic mass is 10.1. The van der Waals surface area contributed by atoms with E-state index in [1.165, 1.54) is 16.5 Å². The van der Waals surface area contributed by atoms with Crippen molar-refractivity contribution in [1.82, 2.24) is 24.8 Å². The standard InChI is InChI=1S/C19H16N6S/c1-2-4-16-15(3-1)13(11-21-16)7-9-20-17-5-6-18-22-23-19(25(18)24-17)14-8-10-26-12-14/h1-6,8,10-12,21H,7,9H2,(H,20,24). The number of anilines is 1. The van der Waals surface area contributed by atoms with Crippen LogP contribution in [0, 0.1) is 0 Å². The number of hydrogen-bond acceptors (Lipinski definition) is 5. The Balaban J connectivity index is 1.35. The molecule has 0 saturated heterocycles. The average Bonchev–Trinajstić information content (AvgIpc) is 3.41. The second-order valence-electron chi connectivity index (χ2n) is 6.06. The fourth-order valence-electron chi connectivity index (χ4n) is 3.12. The fourth-order valence-corrected chi connectivity index (χ4v) is 3.75. The highest BCUT2D eigenvalue weighted by Crippen LogP contribution is 2.21. The summed E-state index contributed by atoms with van der Waals surface area (Å²) in [5.41, 5.74) is 4.25. The second kappa shape index (κ2) is 6.27. The molecule has 6 nitrogen and oxygen atoms in total. The molecule has 4 aromatic heterocycles. The first-order valence-electron chi connectivity index (χ1n) is 8.42. The molecule has 0 fully saturated rings. The predicted octanol–water partition coefficient (Wildman–Crippen LogP) is 3.99. The summed E-state index contributed by atoms with van der Waals surface area (Å²) in [4.78, 5) is 3.32. The molecular weight excluding hydrogens is 344 g/mol. The number of nitrogens with zero attached hydrogens (tertiary/aromatic N) is 4. The van der Waals surface area contributed by atoms with Crippen LogP contribution in [0.15, 0.2) is 59.4 Å². The molecule has 0 unspecified atom stereocenters. The van der Waals surface area contributed by atoms with Gasteiger partial charge in [-0.2, -0.15) is 15.9 Å². The Morgan fingerprint density at radius 1 is 1.08 bits per heavy atom. The smallest absolute Gasteiger partial charge is 0.186 e. The van der Waals surface area contributed by atoms with E-state index in [4.69, 9.17) is 0 Å². The van der Waals surface area contributed by atoms with Crippen LogP contribution in [0.2, 0.25) is 0 Å². The quantitative estimate of drug-likeness (QED) is 0.497. The lowest BCUT2D eigenvalue weighted by Gasteiger charge is -2.06. The predicted molar refractivity (Wildman–Crippen MR) is 105 cm³/mol. The molecule has 1 aromatic carbocycles. The molecule has 0 aliphatic rings. The molecule has 0 bridgehead atoms. The summed E-state index contributed by atoms with van der Waals surface area (Å²) in [6.07, 6.45) is 3.00. The normalized spacial score (nSPS) is 11.4. The van der Waals surface area contributed by atoms with Crippen molar-refractivity contribution in [3.8, 4) is 11.4 Å². The summed E-state index contributed by atoms with van der Waals surface area (Å²) in [7, 11) is 0. The van der Waals surface area contributed by atoms with E-state index in [1.807, 2.05) is 29.6 Å². The zero-order valence-corrected chi connectivity index (χ0v) is 14.7. The number of rotatable bonds is 5. The van der Waals surface area contributed by atoms with Crippen molar-refractivity contribution in [3.63, 3.8) is 0 Å². The third-order valence-electron chi connectivity index (χ3n) is 4.42. The van der Waals surface area contributed by atoms with Gasteiger partial charge in [-0.1, -0.05) is 18.2 Å². The molecule has 0 spiro atoms. The minimum atomic E-state index is 0.744. The van der Waals surface area contributed by atoms with Crippen molar-refractivity contribution in [3.05, 3.63) is 65.0 Å². The number of benzene rings is 1. The summed E-state index contributed by atoms with van der Waals surface area (Å²) >= 11 is 1.64. The Kier molecular flexibility index (Phi) is 3.64. The summed E-state index contributed by atoms with van der Waals surface area (Å²) < 4.78 is 1.79. The molecule has 5 aromatic rings. The van der Waals surface area contributed by atoms with Gasteiger partial charge in [0.05, 0.1) is 0 Å². The highest BCUT2D eigenvalue weighted by molar-refractivity contribution is 7.08. The van der Waals surface area contributed by atoms with Crippen LogP contribution in [0.3, 0.4) is 0 Å². The highest BCUT2D eigenvalue weighted by Gasteiger charge is 2.10. The van der Waals surface area contributed by atoms with E-state index >= 15 is 0 Å². The number of aromatic amines is 1. The summed E-state index contributed by atoms with van der Waals surface area (Å²) in [6, 6.07) is 14.3. The Hall–Kier alpha value is -3.19. The van der Waals surface area contributed by atoms with Gasteiger partial charge in [0.15, 0.2) is 11.5 Å². The molecule has 128 valence electrons. The monoisotopic (exact) mass is 360 g/mol. The Labute approximate surface area is 153 Å². The van der Waals surface area contributed by atoms with Gasteiger partial charge in [0.25, 0.3) is 0 Å². The van der Waals surface area contributed by atoms with Crippen LogP contribution >= 0.6 is 11.3 Å². The second-order valence-corrected chi connectivity index (χ2v) is 6.84. The minimum absolute atomic E-state index is 0.744. The number of thiophene rings is 1. The molecule has 0 amide bonds. The molecule has 2 N–H and O–H groups in total. The van der Waals surface area contributed by atoms with Crippen LogP contribution in [-0.2, 0) is 6.42 Å². The molecule has 26 heavy (non-hydrogen) atoms. The van der Waals surface area contributed by atoms with Gasteiger partial charge in [0.2, 0.25) is 0 Å². The number of para-hydroxylation sites is 1. The topological polar surface area (TPSA) is 70.9 Å². The van der Waals surface area contributed by atoms with Crippen LogP contribution < -0.4 is 5.32 Å². The van der Waals surface area contributed by atoms with Crippen molar-refractivity contribution in [2.24, 2.45) is 0 Å². The lowest BCUT2D eigenvalue weighted by molar-refractivity contribution is 0.917. The van der Waals surface area contributed by atoms with E-state index in [1.54, 1.807) is 15.9 Å². The summed E-state index contributed by atoms with van der Waals surface area (Å²) in [5, 5.41) is 21.9. The Morgan fingerprint density at radius 2 is 2.04 bits per heavy atom. The summed E-state index contributed by atoms with van der Waals surface area (Å²) in [5.74, 6) is 1.58. The zero-order chi connectivity index (χ0) is 17.3. The molecule has 0 aliphatic carbocycles. The molecule has 0 radical (unpaired) electrons. The highest BCUT2D eigenvalue weighted by atomic mass is 32.1. The lowest BCUT2D eigenvalue weighted by Crippen LogP contribution is -2.08. The van der Waals surface area contributed by atoms with Crippen molar-refractivity contribution in [2.45, 2.75) is 6.42 Å². The van der Waals surface area contributed by atoms with E-state index < -0.39 is 0 Å². The van der Waals surface area contributed by atoms with E-state index in [0.717, 1.165) is 35.8 Å². The van der Waals surface area contributed by atoms with Crippen LogP contribution in [0.25, 0.3) is 27.9 Å². The van der Waals surface area contributed by atoms with E-state index in [-0.39, 0.29) is 0 Å². The van der Waals surface area contributed by atoms with Gasteiger partial charge in [0.1, 0.15) is 5.82 Å². The molecule has 4 heterocycles. The number of aromatic nitrogens is 5. The van der Waals surface area contributed by atoms with Gasteiger partial charge >= 0.3 is 0 Å². The van der Waals surface area contributed by atoms with Gasteiger partial charge in [-0.25, -0.2) is 0 Å². The number of nitrogens with one attached hydrogen (secondary N) is 2. The third kappa shape index (κ3) is 2.62. The molecule has 0 atom stereocenters. The third-order valence-corrected chi connectivity index (χ3v) is 5.10. The van der Waals surface area contributed by atoms with Gasteiger partial charge in [0, 0.05) is 34.6 Å². The van der Waals surface area contributed by atoms with Crippen molar-refractivity contribution < 1.29 is 0 Å². The SMILES string of the molecule is c1ccc2c(CCNc3ccc4nnc(-c5ccsc5)n4n3)c[nH]c2c1. The number of hydrogen-bond donors (Lipinski definition) is 2. The molecule has 0 aliphatic heterocycles. The summed E-state index contributed by atoms with van der Waals surface area (Å²) in [6.45, 7) is 0.802. The fraction of sp³-hybridized carbons (Fsp3) is 0.105. The largest absolute Gasteiger partial charge is 0.368 e. The average molecular weight is 360 g/mol. The van der Waals surface area contributed by atoms with E-state index in [2.05, 4.69) is 55.4 Å². The maximum atomic E-state index is 4.65. The van der Waals surface area contributed by atoms with Crippen LogP contribution in [0.1, 0.15) is 5.56 Å². The Bertz CT molecular complexity index is 1170. The first kappa shape index (κ1) is 15.1. The van der Waals surface area contributed by atoms with Crippen LogP contribution in [0.5, 0.6) is 0 Å². The van der Waals surface area contributed by atoms with Crippen LogP contribution in [0.4, 0.5) is 5.82 Å². The molecule has 0 saturated carbocycles. The number of fused-ring (bicyclic) bond motifs is 2. The van der Waals surface area contributed by atoms with Crippen molar-refractivity contribution in [2.75, 3.05) is 11.9 Å². The van der Waals surface area contributed by atoms with E-state index in [0.29, 0.717) is 0 Å².